The van der Waals surface area contributed by atoms with E-state index < -0.39 is 11.6 Å². The third-order valence-electron chi connectivity index (χ3n) is 6.71. The lowest BCUT2D eigenvalue weighted by Gasteiger charge is -2.29. The number of fused-ring (bicyclic) bond motifs is 1. The number of aromatic nitrogens is 4. The van der Waals surface area contributed by atoms with Crippen LogP contribution in [0.2, 0.25) is 5.02 Å². The van der Waals surface area contributed by atoms with Crippen molar-refractivity contribution in [3.63, 3.8) is 0 Å². The second-order valence-electron chi connectivity index (χ2n) is 9.02. The fourth-order valence-corrected chi connectivity index (χ4v) is 4.93. The molecule has 1 aliphatic carbocycles. The fraction of sp³-hybridized carbons (Fsp3) is 0.478. The van der Waals surface area contributed by atoms with Crippen molar-refractivity contribution in [2.24, 2.45) is 11.7 Å². The van der Waals surface area contributed by atoms with Gasteiger partial charge in [-0.15, -0.1) is 0 Å². The van der Waals surface area contributed by atoms with Gasteiger partial charge in [0.25, 0.3) is 0 Å². The van der Waals surface area contributed by atoms with Crippen molar-refractivity contribution in [2.75, 3.05) is 23.8 Å². The standard InChI is InChI=1S/C23H26ClF2N7O2/c24-15-9-17(26)18(10-16(15)25)30-23-31-19-11-28-22(29-13-5-7-35-8-6-13)32-21(19)33(23)14-3-1-12(2-4-14)20(27)34/h9-14H,1-8H2,(H2,27,34)(H,30,31)(H,28,29,32)/t12-,14+. The highest BCUT2D eigenvalue weighted by Gasteiger charge is 2.29. The van der Waals surface area contributed by atoms with Crippen LogP contribution in [0, 0.1) is 17.6 Å². The summed E-state index contributed by atoms with van der Waals surface area (Å²) in [6.07, 6.45) is 5.90. The number of rotatable bonds is 6. The lowest BCUT2D eigenvalue weighted by atomic mass is 9.85. The largest absolute Gasteiger partial charge is 0.381 e. The average Bonchev–Trinajstić information content (AvgIpc) is 3.20. The van der Waals surface area contributed by atoms with Gasteiger partial charge >= 0.3 is 0 Å². The van der Waals surface area contributed by atoms with Crippen molar-refractivity contribution in [2.45, 2.75) is 50.6 Å². The summed E-state index contributed by atoms with van der Waals surface area (Å²) >= 11 is 5.71. The van der Waals surface area contributed by atoms with Crippen molar-refractivity contribution in [1.82, 2.24) is 19.5 Å². The summed E-state index contributed by atoms with van der Waals surface area (Å²) < 4.78 is 35.9. The SMILES string of the molecule is NC(=O)[C@H]1CC[C@@H](n2c(Nc3cc(F)c(Cl)cc3F)nc3cnc(NC4CCOCC4)nc32)CC1. The molecule has 1 aromatic carbocycles. The number of anilines is 3. The molecule has 1 amide bonds. The van der Waals surface area contributed by atoms with Crippen LogP contribution in [0.3, 0.4) is 0 Å². The normalized spacial score (nSPS) is 21.2. The van der Waals surface area contributed by atoms with Gasteiger partial charge in [0.2, 0.25) is 17.8 Å². The van der Waals surface area contributed by atoms with E-state index in [9.17, 15) is 13.6 Å². The maximum absolute atomic E-state index is 14.6. The highest BCUT2D eigenvalue weighted by atomic mass is 35.5. The zero-order chi connectivity index (χ0) is 24.5. The molecule has 4 N–H and O–H groups in total. The van der Waals surface area contributed by atoms with Crippen molar-refractivity contribution in [3.05, 3.63) is 35.0 Å². The molecule has 0 spiro atoms. The number of carbonyl (C=O) groups is 1. The van der Waals surface area contributed by atoms with Gasteiger partial charge in [0.1, 0.15) is 17.2 Å². The van der Waals surface area contributed by atoms with E-state index in [0.717, 1.165) is 25.0 Å². The van der Waals surface area contributed by atoms with E-state index in [1.165, 1.54) is 0 Å². The molecule has 0 atom stereocenters. The Bertz CT molecular complexity index is 1240. The van der Waals surface area contributed by atoms with E-state index in [0.29, 0.717) is 62.0 Å². The summed E-state index contributed by atoms with van der Waals surface area (Å²) in [5, 5.41) is 5.97. The first-order chi connectivity index (χ1) is 16.9. The number of hydrogen-bond donors (Lipinski definition) is 3. The number of ether oxygens (including phenoxy) is 1. The van der Waals surface area contributed by atoms with Crippen LogP contribution in [0.1, 0.15) is 44.6 Å². The van der Waals surface area contributed by atoms with Gasteiger partial charge in [-0.05, 0) is 44.6 Å². The lowest BCUT2D eigenvalue weighted by molar-refractivity contribution is -0.122. The quantitative estimate of drug-likeness (QED) is 0.427. The van der Waals surface area contributed by atoms with Crippen LogP contribution >= 0.6 is 11.6 Å². The number of imidazole rings is 1. The predicted octanol–water partition coefficient (Wildman–Crippen LogP) is 4.31. The molecule has 3 heterocycles. The van der Waals surface area contributed by atoms with Gasteiger partial charge in [-0.3, -0.25) is 9.36 Å². The summed E-state index contributed by atoms with van der Waals surface area (Å²) in [4.78, 5) is 25.4. The number of nitrogens with zero attached hydrogens (tertiary/aromatic N) is 4. The van der Waals surface area contributed by atoms with Crippen LogP contribution in [0.5, 0.6) is 0 Å². The molecular formula is C23H26ClF2N7O2. The van der Waals surface area contributed by atoms with Gasteiger partial charge in [0.05, 0.1) is 16.9 Å². The van der Waals surface area contributed by atoms with Crippen LogP contribution in [-0.2, 0) is 9.53 Å². The van der Waals surface area contributed by atoms with Gasteiger partial charge in [-0.25, -0.2) is 18.7 Å². The third kappa shape index (κ3) is 5.01. The number of benzene rings is 1. The van der Waals surface area contributed by atoms with Crippen molar-refractivity contribution >= 4 is 46.3 Å². The highest BCUT2D eigenvalue weighted by Crippen LogP contribution is 2.37. The molecule has 0 bridgehead atoms. The first kappa shape index (κ1) is 23.7. The molecule has 35 heavy (non-hydrogen) atoms. The molecule has 1 aliphatic heterocycles. The van der Waals surface area contributed by atoms with Crippen LogP contribution < -0.4 is 16.4 Å². The van der Waals surface area contributed by atoms with Gasteiger partial charge in [0.15, 0.2) is 5.65 Å². The van der Waals surface area contributed by atoms with E-state index in [1.54, 1.807) is 6.20 Å². The maximum Gasteiger partial charge on any atom is 0.224 e. The van der Waals surface area contributed by atoms with Crippen molar-refractivity contribution in [1.29, 1.82) is 0 Å². The van der Waals surface area contributed by atoms with Gasteiger partial charge in [0, 0.05) is 37.3 Å². The predicted molar refractivity (Wildman–Crippen MR) is 128 cm³/mol. The second-order valence-corrected chi connectivity index (χ2v) is 9.43. The number of primary amides is 1. The fourth-order valence-electron chi connectivity index (χ4n) is 4.78. The molecule has 1 saturated carbocycles. The number of halogens is 3. The van der Waals surface area contributed by atoms with E-state index in [1.807, 2.05) is 4.57 Å². The Morgan fingerprint density at radius 1 is 1.09 bits per heavy atom. The van der Waals surface area contributed by atoms with Crippen LogP contribution in [-0.4, -0.2) is 44.7 Å². The molecule has 1 saturated heterocycles. The molecule has 5 rings (SSSR count). The summed E-state index contributed by atoms with van der Waals surface area (Å²) in [6.45, 7) is 1.36. The Kier molecular flexibility index (Phi) is 6.70. The Morgan fingerprint density at radius 3 is 2.54 bits per heavy atom. The molecule has 2 fully saturated rings. The van der Waals surface area contributed by atoms with E-state index in [2.05, 4.69) is 20.6 Å². The zero-order valence-electron chi connectivity index (χ0n) is 18.9. The van der Waals surface area contributed by atoms with Gasteiger partial charge in [-0.2, -0.15) is 4.98 Å². The average molecular weight is 506 g/mol. The minimum atomic E-state index is -0.747. The van der Waals surface area contributed by atoms with Crippen LogP contribution in [0.15, 0.2) is 18.3 Å². The topological polar surface area (TPSA) is 120 Å². The van der Waals surface area contributed by atoms with E-state index >= 15 is 0 Å². The molecule has 3 aromatic rings. The Balaban J connectivity index is 1.51. The molecule has 12 heteroatoms. The minimum Gasteiger partial charge on any atom is -0.381 e. The smallest absolute Gasteiger partial charge is 0.224 e. The van der Waals surface area contributed by atoms with Crippen LogP contribution in [0.4, 0.5) is 26.4 Å². The highest BCUT2D eigenvalue weighted by molar-refractivity contribution is 6.30. The summed E-state index contributed by atoms with van der Waals surface area (Å²) in [5.41, 5.74) is 6.49. The summed E-state index contributed by atoms with van der Waals surface area (Å²) in [6, 6.07) is 2.05. The number of carbonyl (C=O) groups excluding carboxylic acids is 1. The second kappa shape index (κ2) is 9.90. The molecule has 186 valence electrons. The Morgan fingerprint density at radius 2 is 1.83 bits per heavy atom. The van der Waals surface area contributed by atoms with Crippen LogP contribution in [0.25, 0.3) is 11.2 Å². The summed E-state index contributed by atoms with van der Waals surface area (Å²) in [7, 11) is 0. The Labute approximate surface area is 205 Å². The van der Waals surface area contributed by atoms with Gasteiger partial charge < -0.3 is 21.1 Å². The van der Waals surface area contributed by atoms with Crippen molar-refractivity contribution < 1.29 is 18.3 Å². The number of nitrogens with two attached hydrogens (primary N) is 1. The lowest BCUT2D eigenvalue weighted by Crippen LogP contribution is -2.29. The molecule has 0 unspecified atom stereocenters. The van der Waals surface area contributed by atoms with Crippen molar-refractivity contribution in [3.8, 4) is 0 Å². The van der Waals surface area contributed by atoms with Gasteiger partial charge in [-0.1, -0.05) is 11.6 Å². The third-order valence-corrected chi connectivity index (χ3v) is 7.00. The monoisotopic (exact) mass is 505 g/mol. The molecular weight excluding hydrogens is 480 g/mol. The minimum absolute atomic E-state index is 0.0656. The Hall–Kier alpha value is -3.05. The number of nitrogens with one attached hydrogen (secondary N) is 2. The first-order valence-electron chi connectivity index (χ1n) is 11.7. The summed E-state index contributed by atoms with van der Waals surface area (Å²) in [5.74, 6) is -1.17. The molecule has 2 aliphatic rings. The maximum atomic E-state index is 14.6. The first-order valence-corrected chi connectivity index (χ1v) is 12.1. The molecule has 9 nitrogen and oxygen atoms in total. The van der Waals surface area contributed by atoms with E-state index in [-0.39, 0.29) is 34.6 Å². The molecule has 0 radical (unpaired) electrons. The zero-order valence-corrected chi connectivity index (χ0v) is 19.7. The molecule has 2 aromatic heterocycles. The number of hydrogen-bond acceptors (Lipinski definition) is 7. The van der Waals surface area contributed by atoms with E-state index in [4.69, 9.17) is 27.1 Å². The number of amides is 1.